The van der Waals surface area contributed by atoms with E-state index in [4.69, 9.17) is 0 Å². The van der Waals surface area contributed by atoms with Gasteiger partial charge in [-0.1, -0.05) is 6.92 Å². The van der Waals surface area contributed by atoms with Crippen molar-refractivity contribution in [2.45, 2.75) is 51.6 Å². The highest BCUT2D eigenvalue weighted by Gasteiger charge is 2.33. The zero-order valence-electron chi connectivity index (χ0n) is 9.63. The summed E-state index contributed by atoms with van der Waals surface area (Å²) in [6.45, 7) is 8.49. The van der Waals surface area contributed by atoms with Crippen LogP contribution in [0.15, 0.2) is 0 Å². The van der Waals surface area contributed by atoms with Gasteiger partial charge in [0.25, 0.3) is 0 Å². The Morgan fingerprint density at radius 1 is 1.43 bits per heavy atom. The molecule has 14 heavy (non-hydrogen) atoms. The third kappa shape index (κ3) is 2.48. The van der Waals surface area contributed by atoms with Crippen LogP contribution in [0.5, 0.6) is 0 Å². The largest absolute Gasteiger partial charge is 0.312 e. The second-order valence-corrected chi connectivity index (χ2v) is 5.00. The van der Waals surface area contributed by atoms with Crippen LogP contribution in [0.4, 0.5) is 0 Å². The molecular formula is C12H24N2. The molecule has 1 saturated carbocycles. The number of nitrogens with one attached hydrogen (secondary N) is 1. The minimum atomic E-state index is 0.774. The smallest absolute Gasteiger partial charge is 0.0223 e. The lowest BCUT2D eigenvalue weighted by molar-refractivity contribution is 0.195. The zero-order valence-corrected chi connectivity index (χ0v) is 9.63. The molecule has 1 N–H and O–H groups in total. The lowest BCUT2D eigenvalue weighted by Gasteiger charge is -2.29. The summed E-state index contributed by atoms with van der Waals surface area (Å²) in [7, 11) is 0. The molecule has 0 amide bonds. The SMILES string of the molecule is CCC(C)N1CCCNC(C2CC2)C1. The average Bonchev–Trinajstić information content (AvgIpc) is 3.01. The van der Waals surface area contributed by atoms with Gasteiger partial charge in [0, 0.05) is 18.6 Å². The minimum absolute atomic E-state index is 0.774. The summed E-state index contributed by atoms with van der Waals surface area (Å²) in [5.74, 6) is 1.000. The standard InChI is InChI=1S/C12H24N2/c1-3-10(2)14-8-4-7-13-12(9-14)11-5-6-11/h10-13H,3-9H2,1-2H3. The van der Waals surface area contributed by atoms with Gasteiger partial charge in [-0.15, -0.1) is 0 Å². The first-order valence-corrected chi connectivity index (χ1v) is 6.28. The molecule has 2 aliphatic rings. The Morgan fingerprint density at radius 2 is 2.21 bits per heavy atom. The van der Waals surface area contributed by atoms with E-state index in [0.29, 0.717) is 0 Å². The highest BCUT2D eigenvalue weighted by molar-refractivity contribution is 4.90. The normalized spacial score (nSPS) is 32.6. The van der Waals surface area contributed by atoms with Crippen molar-refractivity contribution in [1.82, 2.24) is 10.2 Å². The first-order chi connectivity index (χ1) is 6.81. The molecule has 2 fully saturated rings. The van der Waals surface area contributed by atoms with Gasteiger partial charge in [0.2, 0.25) is 0 Å². The molecule has 2 unspecified atom stereocenters. The van der Waals surface area contributed by atoms with E-state index < -0.39 is 0 Å². The van der Waals surface area contributed by atoms with Crippen LogP contribution in [-0.4, -0.2) is 36.6 Å². The van der Waals surface area contributed by atoms with E-state index in [-0.39, 0.29) is 0 Å². The van der Waals surface area contributed by atoms with Crippen molar-refractivity contribution < 1.29 is 0 Å². The second kappa shape index (κ2) is 4.63. The lowest BCUT2D eigenvalue weighted by atomic mass is 10.1. The third-order valence-electron chi connectivity index (χ3n) is 3.87. The molecule has 1 aliphatic carbocycles. The van der Waals surface area contributed by atoms with E-state index in [2.05, 4.69) is 24.1 Å². The Hall–Kier alpha value is -0.0800. The van der Waals surface area contributed by atoms with Crippen molar-refractivity contribution in [3.8, 4) is 0 Å². The van der Waals surface area contributed by atoms with Crippen LogP contribution in [0.25, 0.3) is 0 Å². The van der Waals surface area contributed by atoms with Crippen LogP contribution in [-0.2, 0) is 0 Å². The number of nitrogens with zero attached hydrogens (tertiary/aromatic N) is 1. The third-order valence-corrected chi connectivity index (χ3v) is 3.87. The predicted molar refractivity (Wildman–Crippen MR) is 60.5 cm³/mol. The fourth-order valence-electron chi connectivity index (χ4n) is 2.45. The summed E-state index contributed by atoms with van der Waals surface area (Å²) in [5.41, 5.74) is 0. The molecule has 82 valence electrons. The molecule has 0 radical (unpaired) electrons. The Kier molecular flexibility index (Phi) is 3.45. The van der Waals surface area contributed by atoms with E-state index in [1.165, 1.54) is 45.3 Å². The van der Waals surface area contributed by atoms with Crippen molar-refractivity contribution >= 4 is 0 Å². The maximum Gasteiger partial charge on any atom is 0.0223 e. The summed E-state index contributed by atoms with van der Waals surface area (Å²) < 4.78 is 0. The van der Waals surface area contributed by atoms with Gasteiger partial charge >= 0.3 is 0 Å². The van der Waals surface area contributed by atoms with Crippen LogP contribution in [0.2, 0.25) is 0 Å². The van der Waals surface area contributed by atoms with Gasteiger partial charge < -0.3 is 5.32 Å². The zero-order chi connectivity index (χ0) is 9.97. The van der Waals surface area contributed by atoms with E-state index in [0.717, 1.165) is 18.0 Å². The monoisotopic (exact) mass is 196 g/mol. The van der Waals surface area contributed by atoms with E-state index >= 15 is 0 Å². The first kappa shape index (κ1) is 10.4. The van der Waals surface area contributed by atoms with Crippen molar-refractivity contribution in [2.75, 3.05) is 19.6 Å². The van der Waals surface area contributed by atoms with E-state index in [1.54, 1.807) is 0 Å². The van der Waals surface area contributed by atoms with Gasteiger partial charge in [-0.05, 0) is 51.6 Å². The van der Waals surface area contributed by atoms with Gasteiger partial charge in [-0.3, -0.25) is 4.90 Å². The minimum Gasteiger partial charge on any atom is -0.312 e. The number of rotatable bonds is 3. The molecule has 0 aromatic rings. The predicted octanol–water partition coefficient (Wildman–Crippen LogP) is 1.86. The van der Waals surface area contributed by atoms with Crippen molar-refractivity contribution in [1.29, 1.82) is 0 Å². The average molecular weight is 196 g/mol. The van der Waals surface area contributed by atoms with Crippen LogP contribution < -0.4 is 5.32 Å². The summed E-state index contributed by atoms with van der Waals surface area (Å²) in [5, 5.41) is 3.71. The van der Waals surface area contributed by atoms with Gasteiger partial charge in [0.15, 0.2) is 0 Å². The summed E-state index contributed by atoms with van der Waals surface area (Å²) in [4.78, 5) is 2.68. The molecule has 0 bridgehead atoms. The summed E-state index contributed by atoms with van der Waals surface area (Å²) >= 11 is 0. The van der Waals surface area contributed by atoms with Gasteiger partial charge in [0.1, 0.15) is 0 Å². The molecule has 0 aromatic heterocycles. The number of hydrogen-bond donors (Lipinski definition) is 1. The number of hydrogen-bond acceptors (Lipinski definition) is 2. The Balaban J connectivity index is 1.89. The maximum atomic E-state index is 3.71. The first-order valence-electron chi connectivity index (χ1n) is 6.28. The second-order valence-electron chi connectivity index (χ2n) is 5.00. The van der Waals surface area contributed by atoms with Crippen molar-refractivity contribution in [3.05, 3.63) is 0 Å². The molecular weight excluding hydrogens is 172 g/mol. The molecule has 2 rings (SSSR count). The van der Waals surface area contributed by atoms with Crippen LogP contribution >= 0.6 is 0 Å². The van der Waals surface area contributed by atoms with Crippen molar-refractivity contribution in [3.63, 3.8) is 0 Å². The highest BCUT2D eigenvalue weighted by Crippen LogP contribution is 2.33. The highest BCUT2D eigenvalue weighted by atomic mass is 15.2. The lowest BCUT2D eigenvalue weighted by Crippen LogP contribution is -2.42. The van der Waals surface area contributed by atoms with Crippen LogP contribution in [0.3, 0.4) is 0 Å². The molecule has 2 atom stereocenters. The topological polar surface area (TPSA) is 15.3 Å². The fraction of sp³-hybridized carbons (Fsp3) is 1.00. The Labute approximate surface area is 88.1 Å². The molecule has 2 nitrogen and oxygen atoms in total. The molecule has 0 aromatic carbocycles. The van der Waals surface area contributed by atoms with Gasteiger partial charge in [-0.2, -0.15) is 0 Å². The molecule has 0 spiro atoms. The van der Waals surface area contributed by atoms with Crippen LogP contribution in [0.1, 0.15) is 39.5 Å². The summed E-state index contributed by atoms with van der Waals surface area (Å²) in [6, 6.07) is 1.57. The van der Waals surface area contributed by atoms with Crippen molar-refractivity contribution in [2.24, 2.45) is 5.92 Å². The van der Waals surface area contributed by atoms with Gasteiger partial charge in [-0.25, -0.2) is 0 Å². The van der Waals surface area contributed by atoms with Crippen LogP contribution in [0, 0.1) is 5.92 Å². The van der Waals surface area contributed by atoms with E-state index in [9.17, 15) is 0 Å². The van der Waals surface area contributed by atoms with Gasteiger partial charge in [0.05, 0.1) is 0 Å². The molecule has 2 heteroatoms. The molecule has 1 aliphatic heterocycles. The Morgan fingerprint density at radius 3 is 2.86 bits per heavy atom. The Bertz CT molecular complexity index is 177. The van der Waals surface area contributed by atoms with E-state index in [1.807, 2.05) is 0 Å². The molecule has 1 saturated heterocycles. The molecule has 1 heterocycles. The maximum absolute atomic E-state index is 3.71. The fourth-order valence-corrected chi connectivity index (χ4v) is 2.45. The quantitative estimate of drug-likeness (QED) is 0.741. The summed E-state index contributed by atoms with van der Waals surface area (Å²) in [6.07, 6.45) is 5.54.